The Hall–Kier alpha value is -4.06. The van der Waals surface area contributed by atoms with Crippen molar-refractivity contribution >= 4 is 28.5 Å². The number of carbonyl (C=O) groups is 1. The Bertz CT molecular complexity index is 1610. The molecule has 0 spiro atoms. The summed E-state index contributed by atoms with van der Waals surface area (Å²) in [6.07, 6.45) is -4.64. The minimum atomic E-state index is -4.90. The SMILES string of the molecule is CCC(=O)CCn1c(=O)c2c(nc(Oc3cccc(OC(F)(F)F)c3)n2Cc2ccc(Cl)cc2)n(C)c1=O. The molecule has 0 aliphatic heterocycles. The fourth-order valence-electron chi connectivity index (χ4n) is 3.80. The molecule has 0 aliphatic rings. The molecule has 4 rings (SSSR count). The van der Waals surface area contributed by atoms with Gasteiger partial charge in [0.2, 0.25) is 0 Å². The van der Waals surface area contributed by atoms with Crippen LogP contribution in [-0.4, -0.2) is 30.8 Å². The number of Topliss-reactive ketones (excluding diaryl/α,β-unsaturated/α-hetero) is 1. The zero-order valence-corrected chi connectivity index (χ0v) is 21.0. The normalized spacial score (nSPS) is 11.6. The van der Waals surface area contributed by atoms with E-state index in [0.29, 0.717) is 10.6 Å². The molecule has 0 aliphatic carbocycles. The lowest BCUT2D eigenvalue weighted by atomic mass is 10.2. The van der Waals surface area contributed by atoms with E-state index in [1.807, 2.05) is 0 Å². The lowest BCUT2D eigenvalue weighted by molar-refractivity contribution is -0.274. The number of halogens is 4. The fraction of sp³-hybridized carbons (Fsp3) is 0.280. The van der Waals surface area contributed by atoms with Crippen LogP contribution in [0.15, 0.2) is 58.1 Å². The highest BCUT2D eigenvalue weighted by Crippen LogP contribution is 2.30. The van der Waals surface area contributed by atoms with Crippen LogP contribution in [0.3, 0.4) is 0 Å². The molecule has 0 N–H and O–H groups in total. The summed E-state index contributed by atoms with van der Waals surface area (Å²) in [7, 11) is 1.42. The Labute approximate surface area is 218 Å². The molecule has 0 unspecified atom stereocenters. The first-order chi connectivity index (χ1) is 18.0. The highest BCUT2D eigenvalue weighted by Gasteiger charge is 2.31. The van der Waals surface area contributed by atoms with Gasteiger partial charge >= 0.3 is 18.1 Å². The summed E-state index contributed by atoms with van der Waals surface area (Å²) in [5.74, 6) is -0.664. The third kappa shape index (κ3) is 5.91. The number of ether oxygens (including phenoxy) is 2. The average molecular weight is 551 g/mol. The Morgan fingerprint density at radius 3 is 2.39 bits per heavy atom. The number of fused-ring (bicyclic) bond motifs is 1. The zero-order chi connectivity index (χ0) is 27.6. The average Bonchev–Trinajstić information content (AvgIpc) is 3.20. The standard InChI is InChI=1S/C25H22ClF3N4O5/c1-3-17(34)11-12-32-22(35)20-21(31(2)24(32)36)30-23(33(20)14-15-7-9-16(26)10-8-15)37-18-5-4-6-19(13-18)38-25(27,28)29/h4-10,13H,3,11-12,14H2,1-2H3. The number of hydrogen-bond donors (Lipinski definition) is 0. The van der Waals surface area contributed by atoms with Crippen LogP contribution in [0, 0.1) is 0 Å². The van der Waals surface area contributed by atoms with Crippen LogP contribution in [0.25, 0.3) is 11.2 Å². The number of carbonyl (C=O) groups excluding carboxylic acids is 1. The van der Waals surface area contributed by atoms with Crippen molar-refractivity contribution in [3.63, 3.8) is 0 Å². The minimum Gasteiger partial charge on any atom is -0.425 e. The molecule has 2 heterocycles. The number of hydrogen-bond acceptors (Lipinski definition) is 6. The number of imidazole rings is 1. The van der Waals surface area contributed by atoms with Crippen molar-refractivity contribution in [2.75, 3.05) is 0 Å². The van der Waals surface area contributed by atoms with E-state index >= 15 is 0 Å². The quantitative estimate of drug-likeness (QED) is 0.301. The number of aryl methyl sites for hydroxylation is 1. The molecule has 0 saturated heterocycles. The molecule has 200 valence electrons. The zero-order valence-electron chi connectivity index (χ0n) is 20.3. The van der Waals surface area contributed by atoms with E-state index in [-0.39, 0.29) is 54.6 Å². The summed E-state index contributed by atoms with van der Waals surface area (Å²) in [5.41, 5.74) is -0.630. The summed E-state index contributed by atoms with van der Waals surface area (Å²) in [5, 5.41) is 0.493. The van der Waals surface area contributed by atoms with Crippen molar-refractivity contribution in [2.45, 2.75) is 39.2 Å². The third-order valence-corrected chi connectivity index (χ3v) is 5.96. The largest absolute Gasteiger partial charge is 0.573 e. The molecule has 9 nitrogen and oxygen atoms in total. The van der Waals surface area contributed by atoms with Crippen molar-refractivity contribution in [1.82, 2.24) is 18.7 Å². The number of benzene rings is 2. The lowest BCUT2D eigenvalue weighted by Gasteiger charge is -2.12. The van der Waals surface area contributed by atoms with E-state index in [1.54, 1.807) is 31.2 Å². The van der Waals surface area contributed by atoms with Crippen LogP contribution >= 0.6 is 11.6 Å². The van der Waals surface area contributed by atoms with E-state index in [0.717, 1.165) is 21.3 Å². The van der Waals surface area contributed by atoms with Gasteiger partial charge in [0, 0.05) is 37.5 Å². The Kier molecular flexibility index (Phi) is 7.63. The Morgan fingerprint density at radius 2 is 1.74 bits per heavy atom. The van der Waals surface area contributed by atoms with Gasteiger partial charge in [-0.25, -0.2) is 4.79 Å². The van der Waals surface area contributed by atoms with E-state index < -0.39 is 23.4 Å². The maximum absolute atomic E-state index is 13.5. The fourth-order valence-corrected chi connectivity index (χ4v) is 3.93. The van der Waals surface area contributed by atoms with Crippen molar-refractivity contribution in [3.8, 4) is 17.5 Å². The molecule has 4 aromatic rings. The van der Waals surface area contributed by atoms with Gasteiger partial charge in [-0.1, -0.05) is 36.7 Å². The smallest absolute Gasteiger partial charge is 0.425 e. The van der Waals surface area contributed by atoms with Gasteiger partial charge in [0.25, 0.3) is 5.56 Å². The third-order valence-electron chi connectivity index (χ3n) is 5.71. The second kappa shape index (κ2) is 10.7. The van der Waals surface area contributed by atoms with Gasteiger partial charge in [0.1, 0.15) is 17.3 Å². The molecule has 38 heavy (non-hydrogen) atoms. The van der Waals surface area contributed by atoms with E-state index in [4.69, 9.17) is 16.3 Å². The molecule has 0 bridgehead atoms. The van der Waals surface area contributed by atoms with Gasteiger partial charge in [0.15, 0.2) is 11.2 Å². The number of ketones is 1. The van der Waals surface area contributed by atoms with E-state index in [9.17, 15) is 27.6 Å². The van der Waals surface area contributed by atoms with Gasteiger partial charge in [-0.3, -0.25) is 23.3 Å². The van der Waals surface area contributed by atoms with Crippen LogP contribution in [0.4, 0.5) is 13.2 Å². The molecule has 13 heteroatoms. The predicted molar refractivity (Wildman–Crippen MR) is 133 cm³/mol. The maximum atomic E-state index is 13.5. The molecule has 2 aromatic carbocycles. The van der Waals surface area contributed by atoms with Crippen LogP contribution in [-0.2, 0) is 24.9 Å². The highest BCUT2D eigenvalue weighted by molar-refractivity contribution is 6.30. The van der Waals surface area contributed by atoms with Crippen molar-refractivity contribution in [3.05, 3.63) is 80.0 Å². The first-order valence-corrected chi connectivity index (χ1v) is 11.8. The lowest BCUT2D eigenvalue weighted by Crippen LogP contribution is -2.40. The van der Waals surface area contributed by atoms with Crippen molar-refractivity contribution in [1.29, 1.82) is 0 Å². The number of alkyl halides is 3. The van der Waals surface area contributed by atoms with Gasteiger partial charge in [-0.2, -0.15) is 4.98 Å². The van der Waals surface area contributed by atoms with Crippen LogP contribution in [0.5, 0.6) is 17.5 Å². The van der Waals surface area contributed by atoms with E-state index in [1.165, 1.54) is 23.7 Å². The van der Waals surface area contributed by atoms with Crippen LogP contribution in [0.1, 0.15) is 25.3 Å². The monoisotopic (exact) mass is 550 g/mol. The topological polar surface area (TPSA) is 97.3 Å². The summed E-state index contributed by atoms with van der Waals surface area (Å²) >= 11 is 5.99. The maximum Gasteiger partial charge on any atom is 0.573 e. The summed E-state index contributed by atoms with van der Waals surface area (Å²) < 4.78 is 51.4. The molecular weight excluding hydrogens is 529 g/mol. The molecule has 0 amide bonds. The number of aromatic nitrogens is 4. The molecule has 0 saturated carbocycles. The van der Waals surface area contributed by atoms with Crippen LogP contribution < -0.4 is 20.7 Å². The number of rotatable bonds is 9. The van der Waals surface area contributed by atoms with Gasteiger partial charge in [-0.15, -0.1) is 13.2 Å². The molecule has 0 atom stereocenters. The summed E-state index contributed by atoms with van der Waals surface area (Å²) in [6.45, 7) is 1.63. The summed E-state index contributed by atoms with van der Waals surface area (Å²) in [6, 6.07) is 11.4. The second-order valence-corrected chi connectivity index (χ2v) is 8.78. The predicted octanol–water partition coefficient (Wildman–Crippen LogP) is 4.66. The number of nitrogens with zero attached hydrogens (tertiary/aromatic N) is 4. The molecule has 0 fully saturated rings. The Balaban J connectivity index is 1.86. The van der Waals surface area contributed by atoms with Gasteiger partial charge < -0.3 is 9.47 Å². The van der Waals surface area contributed by atoms with Gasteiger partial charge in [-0.05, 0) is 29.8 Å². The molecular formula is C25H22ClF3N4O5. The van der Waals surface area contributed by atoms with E-state index in [2.05, 4.69) is 9.72 Å². The highest BCUT2D eigenvalue weighted by atomic mass is 35.5. The van der Waals surface area contributed by atoms with Crippen molar-refractivity contribution in [2.24, 2.45) is 7.05 Å². The molecule has 2 aromatic heterocycles. The second-order valence-electron chi connectivity index (χ2n) is 8.34. The van der Waals surface area contributed by atoms with Crippen molar-refractivity contribution < 1.29 is 27.4 Å². The minimum absolute atomic E-state index is 0.00215. The molecule has 0 radical (unpaired) electrons. The van der Waals surface area contributed by atoms with Crippen LogP contribution in [0.2, 0.25) is 5.02 Å². The first kappa shape index (κ1) is 27.0. The first-order valence-electron chi connectivity index (χ1n) is 11.5. The summed E-state index contributed by atoms with van der Waals surface area (Å²) in [4.78, 5) is 42.6. The Morgan fingerprint density at radius 1 is 1.05 bits per heavy atom. The van der Waals surface area contributed by atoms with Gasteiger partial charge in [0.05, 0.1) is 6.54 Å².